The second kappa shape index (κ2) is 7.00. The number of nitrogens with two attached hydrogens (primary N) is 1. The Labute approximate surface area is 172 Å². The van der Waals surface area contributed by atoms with Crippen molar-refractivity contribution in [2.75, 3.05) is 25.4 Å². The lowest BCUT2D eigenvalue weighted by Gasteiger charge is -2.31. The van der Waals surface area contributed by atoms with Crippen LogP contribution in [0, 0.1) is 0 Å². The maximum absolute atomic E-state index is 12.9. The number of amides is 1. The number of nitrogen functional groups attached to an aromatic ring is 1. The highest BCUT2D eigenvalue weighted by molar-refractivity contribution is 5.99. The van der Waals surface area contributed by atoms with Crippen molar-refractivity contribution in [3.8, 4) is 11.4 Å². The van der Waals surface area contributed by atoms with Crippen LogP contribution in [0.4, 0.5) is 5.69 Å². The predicted octanol–water partition coefficient (Wildman–Crippen LogP) is 2.09. The summed E-state index contributed by atoms with van der Waals surface area (Å²) < 4.78 is 0. The van der Waals surface area contributed by atoms with Crippen LogP contribution in [0.25, 0.3) is 33.3 Å². The Bertz CT molecular complexity index is 1340. The number of aromatic nitrogens is 3. The number of hydrogen-bond acceptors (Lipinski definition) is 5. The molecule has 8 heteroatoms. The number of pyridine rings is 1. The van der Waals surface area contributed by atoms with E-state index in [2.05, 4.69) is 27.2 Å². The highest BCUT2D eigenvalue weighted by Gasteiger charge is 2.22. The van der Waals surface area contributed by atoms with Crippen molar-refractivity contribution in [1.82, 2.24) is 25.2 Å². The van der Waals surface area contributed by atoms with E-state index in [1.54, 1.807) is 18.2 Å². The largest absolute Gasteiger partial charge is 0.397 e. The summed E-state index contributed by atoms with van der Waals surface area (Å²) in [6.07, 6.45) is 0. The van der Waals surface area contributed by atoms with Crippen LogP contribution >= 0.6 is 0 Å². The summed E-state index contributed by atoms with van der Waals surface area (Å²) in [5.41, 5.74) is 9.30. The Morgan fingerprint density at radius 1 is 1.17 bits per heavy atom. The number of hydrogen-bond donors (Lipinski definition) is 4. The summed E-state index contributed by atoms with van der Waals surface area (Å²) in [7, 11) is 0. The second-order valence-corrected chi connectivity index (χ2v) is 7.71. The van der Waals surface area contributed by atoms with E-state index in [-0.39, 0.29) is 17.5 Å². The molecule has 5 N–H and O–H groups in total. The Hall–Kier alpha value is -3.65. The number of fused-ring (bicyclic) bond motifs is 2. The average Bonchev–Trinajstić information content (AvgIpc) is 3.16. The molecule has 3 heterocycles. The molecule has 4 aromatic rings. The van der Waals surface area contributed by atoms with Gasteiger partial charge in [-0.3, -0.25) is 9.59 Å². The van der Waals surface area contributed by atoms with Gasteiger partial charge in [-0.25, -0.2) is 4.98 Å². The van der Waals surface area contributed by atoms with Gasteiger partial charge in [0.1, 0.15) is 11.4 Å². The minimum Gasteiger partial charge on any atom is -0.397 e. The first-order chi connectivity index (χ1) is 14.5. The van der Waals surface area contributed by atoms with Gasteiger partial charge in [0.05, 0.1) is 22.2 Å². The fourth-order valence-electron chi connectivity index (χ4n) is 4.06. The van der Waals surface area contributed by atoms with Gasteiger partial charge in [-0.1, -0.05) is 18.2 Å². The molecule has 0 spiro atoms. The molecular weight excluding hydrogens is 380 g/mol. The summed E-state index contributed by atoms with van der Waals surface area (Å²) >= 11 is 0. The van der Waals surface area contributed by atoms with Crippen LogP contribution in [0.1, 0.15) is 17.3 Å². The number of aromatic amines is 2. The van der Waals surface area contributed by atoms with Gasteiger partial charge in [0.25, 0.3) is 11.5 Å². The summed E-state index contributed by atoms with van der Waals surface area (Å²) in [6.45, 7) is 4.20. The van der Waals surface area contributed by atoms with Gasteiger partial charge in [0, 0.05) is 36.6 Å². The SMILES string of the molecule is C[C@H]1CN(C(=O)c2ccc3nc(-c4c(N)c5ccccc5[nH]c4=O)[nH]c3c2)CCN1. The van der Waals surface area contributed by atoms with Crippen molar-refractivity contribution in [2.24, 2.45) is 0 Å². The molecule has 152 valence electrons. The van der Waals surface area contributed by atoms with Crippen LogP contribution in [0.3, 0.4) is 0 Å². The number of para-hydroxylation sites is 1. The Morgan fingerprint density at radius 2 is 2.00 bits per heavy atom. The van der Waals surface area contributed by atoms with Crippen molar-refractivity contribution in [1.29, 1.82) is 0 Å². The van der Waals surface area contributed by atoms with Crippen LogP contribution in [0.15, 0.2) is 47.3 Å². The number of rotatable bonds is 2. The number of carbonyl (C=O) groups excluding carboxylic acids is 1. The van der Waals surface area contributed by atoms with Crippen LogP contribution in [0.2, 0.25) is 0 Å². The normalized spacial score (nSPS) is 17.0. The van der Waals surface area contributed by atoms with Crippen LogP contribution in [0.5, 0.6) is 0 Å². The predicted molar refractivity (Wildman–Crippen MR) is 117 cm³/mol. The molecule has 0 saturated carbocycles. The monoisotopic (exact) mass is 402 g/mol. The van der Waals surface area contributed by atoms with Crippen molar-refractivity contribution in [3.05, 3.63) is 58.4 Å². The molecule has 0 aliphatic carbocycles. The molecule has 2 aromatic heterocycles. The Balaban J connectivity index is 1.56. The molecule has 2 aromatic carbocycles. The summed E-state index contributed by atoms with van der Waals surface area (Å²) in [5, 5.41) is 4.10. The van der Waals surface area contributed by atoms with Gasteiger partial charge in [0.2, 0.25) is 0 Å². The number of piperazine rings is 1. The smallest absolute Gasteiger partial charge is 0.261 e. The fourth-order valence-corrected chi connectivity index (χ4v) is 4.06. The standard InChI is InChI=1S/C22H22N6O2/c1-12-11-28(9-8-24-12)22(30)13-6-7-16-17(10-13)26-20(25-16)18-19(23)14-4-2-3-5-15(14)27-21(18)29/h2-7,10,12,24H,8-9,11H2,1H3,(H,25,26)(H3,23,27,29)/t12-/m0/s1. The van der Waals surface area contributed by atoms with Gasteiger partial charge in [-0.2, -0.15) is 0 Å². The number of nitrogens with zero attached hydrogens (tertiary/aromatic N) is 2. The first-order valence-electron chi connectivity index (χ1n) is 9.94. The molecule has 5 rings (SSSR count). The molecular formula is C22H22N6O2. The molecule has 0 bridgehead atoms. The van der Waals surface area contributed by atoms with E-state index in [0.29, 0.717) is 52.3 Å². The zero-order chi connectivity index (χ0) is 20.8. The Kier molecular flexibility index (Phi) is 4.29. The molecule has 1 saturated heterocycles. The molecule has 1 atom stereocenters. The lowest BCUT2D eigenvalue weighted by atomic mass is 10.1. The van der Waals surface area contributed by atoms with E-state index in [0.717, 1.165) is 11.9 Å². The number of anilines is 1. The number of benzene rings is 2. The van der Waals surface area contributed by atoms with E-state index < -0.39 is 0 Å². The second-order valence-electron chi connectivity index (χ2n) is 7.71. The molecule has 30 heavy (non-hydrogen) atoms. The first-order valence-corrected chi connectivity index (χ1v) is 9.94. The molecule has 1 fully saturated rings. The van der Waals surface area contributed by atoms with E-state index >= 15 is 0 Å². The average molecular weight is 402 g/mol. The number of imidazole rings is 1. The van der Waals surface area contributed by atoms with E-state index in [1.807, 2.05) is 29.2 Å². The fraction of sp³-hybridized carbons (Fsp3) is 0.227. The molecule has 0 unspecified atom stereocenters. The highest BCUT2D eigenvalue weighted by atomic mass is 16.2. The van der Waals surface area contributed by atoms with Crippen molar-refractivity contribution in [2.45, 2.75) is 13.0 Å². The maximum atomic E-state index is 12.9. The zero-order valence-electron chi connectivity index (χ0n) is 16.5. The molecule has 0 radical (unpaired) electrons. The van der Waals surface area contributed by atoms with Crippen molar-refractivity contribution in [3.63, 3.8) is 0 Å². The van der Waals surface area contributed by atoms with Crippen molar-refractivity contribution < 1.29 is 4.79 Å². The molecule has 1 aliphatic rings. The van der Waals surface area contributed by atoms with Gasteiger partial charge in [-0.15, -0.1) is 0 Å². The lowest BCUT2D eigenvalue weighted by molar-refractivity contribution is 0.0709. The number of carbonyl (C=O) groups is 1. The minimum atomic E-state index is -0.309. The quantitative estimate of drug-likeness (QED) is 0.409. The van der Waals surface area contributed by atoms with E-state index in [1.165, 1.54) is 0 Å². The molecule has 8 nitrogen and oxygen atoms in total. The van der Waals surface area contributed by atoms with Gasteiger partial charge in [0.15, 0.2) is 0 Å². The zero-order valence-corrected chi connectivity index (χ0v) is 16.5. The highest BCUT2D eigenvalue weighted by Crippen LogP contribution is 2.28. The first kappa shape index (κ1) is 18.4. The van der Waals surface area contributed by atoms with Gasteiger partial charge >= 0.3 is 0 Å². The van der Waals surface area contributed by atoms with Gasteiger partial charge < -0.3 is 25.9 Å². The number of H-pyrrole nitrogens is 2. The third-order valence-electron chi connectivity index (χ3n) is 5.58. The minimum absolute atomic E-state index is 0.00975. The summed E-state index contributed by atoms with van der Waals surface area (Å²) in [4.78, 5) is 38.0. The van der Waals surface area contributed by atoms with E-state index in [9.17, 15) is 9.59 Å². The third-order valence-corrected chi connectivity index (χ3v) is 5.58. The van der Waals surface area contributed by atoms with Gasteiger partial charge in [-0.05, 0) is 31.2 Å². The lowest BCUT2D eigenvalue weighted by Crippen LogP contribution is -2.51. The number of nitrogens with one attached hydrogen (secondary N) is 3. The van der Waals surface area contributed by atoms with Crippen LogP contribution < -0.4 is 16.6 Å². The molecule has 1 amide bonds. The van der Waals surface area contributed by atoms with E-state index in [4.69, 9.17) is 5.73 Å². The van der Waals surface area contributed by atoms with Crippen LogP contribution in [-0.4, -0.2) is 51.4 Å². The van der Waals surface area contributed by atoms with Crippen LogP contribution in [-0.2, 0) is 0 Å². The Morgan fingerprint density at radius 3 is 2.83 bits per heavy atom. The third kappa shape index (κ3) is 3.02. The van der Waals surface area contributed by atoms with Crippen molar-refractivity contribution >= 4 is 33.5 Å². The topological polar surface area (TPSA) is 120 Å². The summed E-state index contributed by atoms with van der Waals surface area (Å²) in [5.74, 6) is 0.374. The summed E-state index contributed by atoms with van der Waals surface area (Å²) in [6, 6.07) is 13.0. The molecule has 1 aliphatic heterocycles. The maximum Gasteiger partial charge on any atom is 0.261 e.